The lowest BCUT2D eigenvalue weighted by molar-refractivity contribution is -0.0102. The highest BCUT2D eigenvalue weighted by atomic mass is 16.6. The van der Waals surface area contributed by atoms with E-state index in [1.165, 1.54) is 0 Å². The molecule has 2 aromatic rings. The molecule has 222 valence electrons. The van der Waals surface area contributed by atoms with Crippen molar-refractivity contribution < 1.29 is 23.8 Å². The largest absolute Gasteiger partial charge is 0.478 e. The van der Waals surface area contributed by atoms with E-state index < -0.39 is 16.7 Å². The van der Waals surface area contributed by atoms with Crippen LogP contribution in [0.25, 0.3) is 11.4 Å². The summed E-state index contributed by atoms with van der Waals surface area (Å²) in [6.07, 6.45) is 6.44. The topological polar surface area (TPSA) is 110 Å². The Hall–Kier alpha value is -3.30. The van der Waals surface area contributed by atoms with Crippen molar-refractivity contribution in [2.75, 3.05) is 26.2 Å². The van der Waals surface area contributed by atoms with E-state index in [0.29, 0.717) is 45.0 Å². The van der Waals surface area contributed by atoms with Crippen LogP contribution in [-0.2, 0) is 15.1 Å². The van der Waals surface area contributed by atoms with Gasteiger partial charge in [-0.2, -0.15) is 0 Å². The summed E-state index contributed by atoms with van der Waals surface area (Å²) in [7, 11) is 0. The number of piperidine rings is 2. The summed E-state index contributed by atoms with van der Waals surface area (Å²) in [5.74, 6) is 2.31. The fourth-order valence-electron chi connectivity index (χ4n) is 6.40. The van der Waals surface area contributed by atoms with Crippen molar-refractivity contribution in [2.45, 2.75) is 103 Å². The SMILES string of the molecule is Cc1cnc2c(c1)OC1(CCN(C(=O)OCC3CC3)CC1)c1[nH]c(C3CCN(C(=O)OC(C)(C)C)C(C)(C)C3)nc1-2. The number of amides is 2. The van der Waals surface area contributed by atoms with E-state index >= 15 is 0 Å². The smallest absolute Gasteiger partial charge is 0.410 e. The first-order valence-corrected chi connectivity index (χ1v) is 15.0. The second-order valence-electron chi connectivity index (χ2n) is 13.9. The van der Waals surface area contributed by atoms with Crippen molar-refractivity contribution in [3.05, 3.63) is 29.3 Å². The van der Waals surface area contributed by atoms with E-state index in [1.54, 1.807) is 4.90 Å². The van der Waals surface area contributed by atoms with Gasteiger partial charge in [-0.1, -0.05) is 0 Å². The molecule has 1 N–H and O–H groups in total. The first-order valence-electron chi connectivity index (χ1n) is 15.0. The minimum atomic E-state index is -0.622. The van der Waals surface area contributed by atoms with Crippen LogP contribution in [0.1, 0.15) is 96.1 Å². The first kappa shape index (κ1) is 27.8. The molecule has 10 nitrogen and oxygen atoms in total. The van der Waals surface area contributed by atoms with Gasteiger partial charge in [0.2, 0.25) is 0 Å². The predicted molar refractivity (Wildman–Crippen MR) is 153 cm³/mol. The monoisotopic (exact) mass is 565 g/mol. The molecule has 1 spiro atoms. The van der Waals surface area contributed by atoms with Crippen LogP contribution in [-0.4, -0.2) is 74.3 Å². The fourth-order valence-corrected chi connectivity index (χ4v) is 6.40. The van der Waals surface area contributed by atoms with Gasteiger partial charge in [-0.25, -0.2) is 14.6 Å². The molecule has 3 fully saturated rings. The highest BCUT2D eigenvalue weighted by molar-refractivity contribution is 5.71. The summed E-state index contributed by atoms with van der Waals surface area (Å²) < 4.78 is 18.0. The molecule has 0 radical (unpaired) electrons. The molecule has 1 unspecified atom stereocenters. The number of carbonyl (C=O) groups excluding carboxylic acids is 2. The molecular formula is C31H43N5O5. The van der Waals surface area contributed by atoms with Gasteiger partial charge < -0.3 is 29.0 Å². The number of nitrogens with zero attached hydrogens (tertiary/aromatic N) is 4. The Balaban J connectivity index is 1.25. The molecule has 10 heteroatoms. The minimum absolute atomic E-state index is 0.137. The molecule has 1 aliphatic carbocycles. The second-order valence-corrected chi connectivity index (χ2v) is 13.9. The van der Waals surface area contributed by atoms with Gasteiger partial charge in [0, 0.05) is 50.1 Å². The molecule has 1 saturated carbocycles. The number of fused-ring (bicyclic) bond motifs is 4. The van der Waals surface area contributed by atoms with Crippen LogP contribution in [0.15, 0.2) is 12.3 Å². The Kier molecular flexibility index (Phi) is 6.73. The number of hydrogen-bond acceptors (Lipinski definition) is 7. The molecule has 4 aliphatic rings. The predicted octanol–water partition coefficient (Wildman–Crippen LogP) is 5.90. The van der Waals surface area contributed by atoms with Crippen LogP contribution in [0, 0.1) is 12.8 Å². The van der Waals surface area contributed by atoms with E-state index in [1.807, 2.05) is 44.9 Å². The molecule has 3 aliphatic heterocycles. The second kappa shape index (κ2) is 9.91. The van der Waals surface area contributed by atoms with Gasteiger partial charge in [0.15, 0.2) is 5.60 Å². The number of likely N-dealkylation sites (tertiary alicyclic amines) is 2. The maximum atomic E-state index is 13.0. The quantitative estimate of drug-likeness (QED) is 0.493. The summed E-state index contributed by atoms with van der Waals surface area (Å²) >= 11 is 0. The standard InChI is InChI=1S/C31H43N5O5/c1-19-15-22-23(32-17-19)24-25(31(40-22)10-13-35(14-11-31)27(37)39-18-20-7-8-20)34-26(33-24)21-9-12-36(30(5,6)16-21)28(38)41-29(2,3)4/h15,17,20-21H,7-14,16,18H2,1-6H3,(H,33,34). The van der Waals surface area contributed by atoms with Gasteiger partial charge in [-0.15, -0.1) is 0 Å². The number of pyridine rings is 1. The third-order valence-corrected chi connectivity index (χ3v) is 8.84. The molecule has 2 amide bonds. The number of rotatable bonds is 3. The summed E-state index contributed by atoms with van der Waals surface area (Å²) in [6, 6.07) is 2.03. The molecule has 6 rings (SSSR count). The molecule has 0 bridgehead atoms. The van der Waals surface area contributed by atoms with Gasteiger partial charge in [0.05, 0.1) is 12.3 Å². The van der Waals surface area contributed by atoms with Crippen LogP contribution in [0.4, 0.5) is 9.59 Å². The Bertz CT molecular complexity index is 1330. The van der Waals surface area contributed by atoms with Crippen LogP contribution < -0.4 is 4.74 Å². The Morgan fingerprint density at radius 1 is 1.10 bits per heavy atom. The van der Waals surface area contributed by atoms with E-state index in [-0.39, 0.29) is 18.1 Å². The maximum Gasteiger partial charge on any atom is 0.410 e. The lowest BCUT2D eigenvalue weighted by atomic mass is 9.82. The van der Waals surface area contributed by atoms with E-state index in [4.69, 9.17) is 24.2 Å². The van der Waals surface area contributed by atoms with Crippen molar-refractivity contribution in [1.82, 2.24) is 24.8 Å². The zero-order chi connectivity index (χ0) is 29.2. The highest BCUT2D eigenvalue weighted by Crippen LogP contribution is 2.49. The number of aromatic nitrogens is 3. The Morgan fingerprint density at radius 3 is 2.49 bits per heavy atom. The molecule has 1 atom stereocenters. The summed E-state index contributed by atoms with van der Waals surface area (Å²) in [6.45, 7) is 14.1. The average molecular weight is 566 g/mol. The maximum absolute atomic E-state index is 13.0. The van der Waals surface area contributed by atoms with Gasteiger partial charge in [0.1, 0.15) is 28.6 Å². The molecule has 41 heavy (non-hydrogen) atoms. The van der Waals surface area contributed by atoms with Crippen molar-refractivity contribution in [3.8, 4) is 17.1 Å². The van der Waals surface area contributed by atoms with Crippen LogP contribution in [0.3, 0.4) is 0 Å². The van der Waals surface area contributed by atoms with Crippen molar-refractivity contribution in [1.29, 1.82) is 0 Å². The van der Waals surface area contributed by atoms with Crippen molar-refractivity contribution in [2.24, 2.45) is 5.92 Å². The normalized spacial score (nSPS) is 22.9. The zero-order valence-electron chi connectivity index (χ0n) is 25.2. The number of nitrogens with one attached hydrogen (secondary N) is 1. The number of imidazole rings is 1. The molecular weight excluding hydrogens is 522 g/mol. The van der Waals surface area contributed by atoms with Crippen molar-refractivity contribution >= 4 is 12.2 Å². The van der Waals surface area contributed by atoms with Crippen LogP contribution in [0.5, 0.6) is 5.75 Å². The molecule has 5 heterocycles. The van der Waals surface area contributed by atoms with Gasteiger partial charge >= 0.3 is 12.2 Å². The van der Waals surface area contributed by atoms with Gasteiger partial charge in [-0.3, -0.25) is 4.98 Å². The summed E-state index contributed by atoms with van der Waals surface area (Å²) in [5.41, 5.74) is 1.98. The minimum Gasteiger partial charge on any atom is -0.478 e. The number of hydrogen-bond donors (Lipinski definition) is 1. The number of H-pyrrole nitrogens is 1. The van der Waals surface area contributed by atoms with Gasteiger partial charge in [-0.05, 0) is 84.8 Å². The van der Waals surface area contributed by atoms with Crippen LogP contribution >= 0.6 is 0 Å². The van der Waals surface area contributed by atoms with Gasteiger partial charge in [0.25, 0.3) is 0 Å². The first-order chi connectivity index (χ1) is 19.3. The Labute approximate surface area is 242 Å². The Morgan fingerprint density at radius 2 is 1.83 bits per heavy atom. The fraction of sp³-hybridized carbons (Fsp3) is 0.677. The zero-order valence-corrected chi connectivity index (χ0v) is 25.2. The number of ether oxygens (including phenoxy) is 3. The van der Waals surface area contributed by atoms with Crippen molar-refractivity contribution in [3.63, 3.8) is 0 Å². The van der Waals surface area contributed by atoms with E-state index in [0.717, 1.165) is 59.9 Å². The summed E-state index contributed by atoms with van der Waals surface area (Å²) in [4.78, 5) is 42.9. The number of aromatic amines is 1. The third kappa shape index (κ3) is 5.49. The summed E-state index contributed by atoms with van der Waals surface area (Å²) in [5, 5.41) is 0. The molecule has 0 aromatic carbocycles. The lowest BCUT2D eigenvalue weighted by Gasteiger charge is -2.45. The number of carbonyl (C=O) groups is 2. The lowest BCUT2D eigenvalue weighted by Crippen LogP contribution is -2.53. The highest BCUT2D eigenvalue weighted by Gasteiger charge is 2.48. The van der Waals surface area contributed by atoms with E-state index in [9.17, 15) is 9.59 Å². The third-order valence-electron chi connectivity index (χ3n) is 8.84. The average Bonchev–Trinajstić information content (AvgIpc) is 3.61. The van der Waals surface area contributed by atoms with E-state index in [2.05, 4.69) is 18.8 Å². The molecule has 2 aromatic heterocycles. The number of aryl methyl sites for hydroxylation is 1. The molecule has 2 saturated heterocycles. The van der Waals surface area contributed by atoms with Crippen LogP contribution in [0.2, 0.25) is 0 Å².